The molecule has 1 aromatic rings. The van der Waals surface area contributed by atoms with E-state index in [1.807, 2.05) is 6.07 Å². The molecule has 0 amide bonds. The van der Waals surface area contributed by atoms with E-state index in [0.29, 0.717) is 0 Å². The van der Waals surface area contributed by atoms with Gasteiger partial charge in [-0.15, -0.1) is 0 Å². The van der Waals surface area contributed by atoms with Gasteiger partial charge >= 0.3 is 121 Å². The Morgan fingerprint density at radius 1 is 0.917 bits per heavy atom. The molecular formula is C18H29AlO4S. The van der Waals surface area contributed by atoms with Gasteiger partial charge in [-0.25, -0.2) is 0 Å². The Hall–Kier alpha value is -0.698. The molecule has 0 saturated heterocycles. The van der Waals surface area contributed by atoms with Crippen molar-refractivity contribution in [3.05, 3.63) is 29.8 Å². The average molecular weight is 368 g/mol. The molecule has 0 bridgehead atoms. The second-order valence-corrected chi connectivity index (χ2v) is 8.57. The molecule has 1 rings (SSSR count). The summed E-state index contributed by atoms with van der Waals surface area (Å²) in [4.78, 5) is 0.0930. The minimum atomic E-state index is -3.86. The van der Waals surface area contributed by atoms with Crippen molar-refractivity contribution in [1.82, 2.24) is 0 Å². The van der Waals surface area contributed by atoms with Crippen LogP contribution >= 0.6 is 0 Å². The van der Waals surface area contributed by atoms with Gasteiger partial charge < -0.3 is 0 Å². The summed E-state index contributed by atoms with van der Waals surface area (Å²) in [7, 11) is -3.86. The van der Waals surface area contributed by atoms with Crippen LogP contribution in [0.5, 0.6) is 0 Å². The second-order valence-electron chi connectivity index (χ2n) is 6.23. The Bertz CT molecular complexity index is 572. The van der Waals surface area contributed by atoms with Crippen molar-refractivity contribution in [3.63, 3.8) is 0 Å². The van der Waals surface area contributed by atoms with Crippen LogP contribution in [0.15, 0.2) is 29.2 Å². The molecule has 134 valence electrons. The molecule has 0 spiro atoms. The van der Waals surface area contributed by atoms with Gasteiger partial charge in [-0.05, 0) is 0 Å². The van der Waals surface area contributed by atoms with Gasteiger partial charge in [0.2, 0.25) is 0 Å². The van der Waals surface area contributed by atoms with Crippen LogP contribution in [0.4, 0.5) is 0 Å². The second kappa shape index (κ2) is 12.6. The molecule has 0 aliphatic carbocycles. The summed E-state index contributed by atoms with van der Waals surface area (Å²) in [5.41, 5.74) is 0.986. The van der Waals surface area contributed by atoms with Crippen molar-refractivity contribution in [2.75, 3.05) is 0 Å². The first-order chi connectivity index (χ1) is 11.6. The normalized spacial score (nSPS) is 11.2. The molecule has 4 nitrogen and oxygen atoms in total. The van der Waals surface area contributed by atoms with Crippen LogP contribution in [0.3, 0.4) is 0 Å². The maximum atomic E-state index is 11.7. The zero-order valence-electron chi connectivity index (χ0n) is 14.7. The molecule has 0 unspecified atom stereocenters. The van der Waals surface area contributed by atoms with Crippen LogP contribution in [-0.2, 0) is 23.6 Å². The van der Waals surface area contributed by atoms with Gasteiger partial charge in [0.1, 0.15) is 0 Å². The van der Waals surface area contributed by atoms with E-state index in [0.717, 1.165) is 18.4 Å². The fourth-order valence-electron chi connectivity index (χ4n) is 2.78. The first kappa shape index (κ1) is 21.3. The summed E-state index contributed by atoms with van der Waals surface area (Å²) in [5.74, 6) is 0. The van der Waals surface area contributed by atoms with Crippen LogP contribution in [0.25, 0.3) is 0 Å². The average Bonchev–Trinajstić information content (AvgIpc) is 2.57. The number of benzene rings is 1. The molecule has 0 aliphatic heterocycles. The van der Waals surface area contributed by atoms with Crippen LogP contribution in [-0.4, -0.2) is 23.9 Å². The molecule has 24 heavy (non-hydrogen) atoms. The standard InChI is InChI=1S/C18H30O3S.Al.O/c1-2-3-4-5-6-7-8-9-10-11-13-17-14-12-15-18(16-17)22(19,20)21;;/h12,14-16H,2-11,13H2,1H3,(H,19,20,21);;/q;+1;/p-1. The fourth-order valence-corrected chi connectivity index (χ4v) is 4.18. The maximum absolute atomic E-state index is 11.7. The Kier molecular flexibility index (Phi) is 11.2. The predicted molar refractivity (Wildman–Crippen MR) is 96.7 cm³/mol. The van der Waals surface area contributed by atoms with E-state index in [-0.39, 0.29) is 4.90 Å². The molecule has 0 aliphatic rings. The Labute approximate surface area is 153 Å². The van der Waals surface area contributed by atoms with Crippen molar-refractivity contribution >= 4 is 25.6 Å². The van der Waals surface area contributed by atoms with Crippen molar-refractivity contribution in [3.8, 4) is 0 Å². The number of unbranched alkanes of at least 4 members (excludes halogenated alkanes) is 9. The molecule has 0 atom stereocenters. The summed E-state index contributed by atoms with van der Waals surface area (Å²) in [5, 5.41) is 0. The van der Waals surface area contributed by atoms with Gasteiger partial charge in [0.05, 0.1) is 0 Å². The first-order valence-corrected chi connectivity index (χ1v) is 11.4. The molecule has 0 N–H and O–H groups in total. The van der Waals surface area contributed by atoms with Gasteiger partial charge in [-0.2, -0.15) is 0 Å². The van der Waals surface area contributed by atoms with Gasteiger partial charge in [0, 0.05) is 0 Å². The van der Waals surface area contributed by atoms with Gasteiger partial charge in [0.25, 0.3) is 0 Å². The zero-order valence-corrected chi connectivity index (χ0v) is 16.7. The molecule has 6 heteroatoms. The molecule has 0 saturated carbocycles. The number of hydrogen-bond acceptors (Lipinski definition) is 4. The minimum absolute atomic E-state index is 0.0930. The van der Waals surface area contributed by atoms with Crippen molar-refractivity contribution in [2.24, 2.45) is 0 Å². The Balaban J connectivity index is 2.21. The molecule has 0 fully saturated rings. The zero-order chi connectivity index (χ0) is 17.7. The van der Waals surface area contributed by atoms with Gasteiger partial charge in [-0.3, -0.25) is 0 Å². The molecule has 0 heterocycles. The van der Waals surface area contributed by atoms with Gasteiger partial charge in [0.15, 0.2) is 0 Å². The molecule has 0 aromatic heterocycles. The Morgan fingerprint density at radius 2 is 1.50 bits per heavy atom. The number of aryl methyl sites for hydroxylation is 1. The van der Waals surface area contributed by atoms with E-state index in [2.05, 4.69) is 10.2 Å². The molecule has 1 aromatic carbocycles. The third-order valence-corrected chi connectivity index (χ3v) is 6.33. The summed E-state index contributed by atoms with van der Waals surface area (Å²) in [6, 6.07) is 6.74. The third kappa shape index (κ3) is 8.96. The third-order valence-electron chi connectivity index (χ3n) is 4.17. The van der Waals surface area contributed by atoms with Crippen LogP contribution in [0.1, 0.15) is 76.7 Å². The van der Waals surface area contributed by atoms with Crippen molar-refractivity contribution in [1.29, 1.82) is 0 Å². The summed E-state index contributed by atoms with van der Waals surface area (Å²) in [6.45, 7) is 2.24. The Morgan fingerprint density at radius 3 is 2.08 bits per heavy atom. The molecular weight excluding hydrogens is 339 g/mol. The van der Waals surface area contributed by atoms with E-state index in [1.165, 1.54) is 63.9 Å². The summed E-state index contributed by atoms with van der Waals surface area (Å²) >= 11 is -1.76. The van der Waals surface area contributed by atoms with Crippen LogP contribution in [0.2, 0.25) is 0 Å². The number of hydrogen-bond donors (Lipinski definition) is 0. The summed E-state index contributed by atoms with van der Waals surface area (Å²) in [6.07, 6.45) is 13.7. The van der Waals surface area contributed by atoms with E-state index in [9.17, 15) is 12.2 Å². The fraction of sp³-hybridized carbons (Fsp3) is 0.667. The van der Waals surface area contributed by atoms with E-state index < -0.39 is 25.6 Å². The van der Waals surface area contributed by atoms with Crippen molar-refractivity contribution < 1.29 is 15.5 Å². The van der Waals surface area contributed by atoms with Gasteiger partial charge in [-0.1, -0.05) is 32.6 Å². The quantitative estimate of drug-likeness (QED) is 0.349. The van der Waals surface area contributed by atoms with E-state index in [1.54, 1.807) is 12.1 Å². The van der Waals surface area contributed by atoms with Crippen molar-refractivity contribution in [2.45, 2.75) is 82.4 Å². The number of rotatable bonds is 14. The first-order valence-electron chi connectivity index (χ1n) is 9.06. The van der Waals surface area contributed by atoms with Crippen LogP contribution < -0.4 is 0 Å². The van der Waals surface area contributed by atoms with Crippen LogP contribution in [0, 0.1) is 0 Å². The molecule has 0 radical (unpaired) electrons. The van der Waals surface area contributed by atoms with E-state index in [4.69, 9.17) is 0 Å². The summed E-state index contributed by atoms with van der Waals surface area (Å²) < 4.78 is 38.3. The SMILES string of the molecule is CCCCCCCCCCCCc1cccc(S(=O)(=O)[O][Al]=[O])c1. The predicted octanol–water partition coefficient (Wildman–Crippen LogP) is 4.82. The monoisotopic (exact) mass is 368 g/mol. The topological polar surface area (TPSA) is 60.4 Å². The van der Waals surface area contributed by atoms with E-state index >= 15 is 0 Å².